The molecule has 1 aliphatic rings. The van der Waals surface area contributed by atoms with Gasteiger partial charge in [0.2, 0.25) is 5.91 Å². The third kappa shape index (κ3) is 9.46. The molecule has 10 nitrogen and oxygen atoms in total. The number of esters is 1. The number of alkyl carbamates (subject to hydrolysis) is 1. The van der Waals surface area contributed by atoms with E-state index in [9.17, 15) is 19.2 Å². The standard InChI is InChI=1S/C25H37N3O7/c1-6-33-24(32)28-15-14-27(16-18(28)2)22(30)20(12-13-21(29)35-25(3,4)5)26-23(31)34-17-19-10-8-7-9-11-19/h7-11,18,20H,6,12-17H2,1-5H3,(H,26,31)/t18-,20-/m0/s1. The highest BCUT2D eigenvalue weighted by molar-refractivity contribution is 5.86. The highest BCUT2D eigenvalue weighted by Gasteiger charge is 2.34. The van der Waals surface area contributed by atoms with Crippen LogP contribution in [0.3, 0.4) is 0 Å². The first kappa shape index (κ1) is 27.9. The Bertz CT molecular complexity index is 870. The Morgan fingerprint density at radius 3 is 2.37 bits per heavy atom. The van der Waals surface area contributed by atoms with Gasteiger partial charge in [0.25, 0.3) is 0 Å². The molecule has 2 rings (SSSR count). The number of ether oxygens (including phenoxy) is 3. The normalized spacial score (nSPS) is 16.8. The van der Waals surface area contributed by atoms with Gasteiger partial charge in [-0.3, -0.25) is 9.59 Å². The molecule has 0 radical (unpaired) electrons. The number of benzene rings is 1. The summed E-state index contributed by atoms with van der Waals surface area (Å²) in [5.41, 5.74) is 0.153. The molecule has 1 aliphatic heterocycles. The van der Waals surface area contributed by atoms with E-state index in [4.69, 9.17) is 14.2 Å². The quantitative estimate of drug-likeness (QED) is 0.439. The van der Waals surface area contributed by atoms with Crippen molar-refractivity contribution in [1.82, 2.24) is 15.1 Å². The number of hydrogen-bond acceptors (Lipinski definition) is 7. The van der Waals surface area contributed by atoms with Gasteiger partial charge >= 0.3 is 18.2 Å². The molecule has 0 saturated carbocycles. The fraction of sp³-hybridized carbons (Fsp3) is 0.600. The maximum absolute atomic E-state index is 13.3. The van der Waals surface area contributed by atoms with E-state index in [1.807, 2.05) is 37.3 Å². The molecule has 35 heavy (non-hydrogen) atoms. The van der Waals surface area contributed by atoms with Crippen molar-refractivity contribution in [1.29, 1.82) is 0 Å². The molecule has 0 aliphatic carbocycles. The van der Waals surface area contributed by atoms with E-state index in [1.54, 1.807) is 37.5 Å². The molecule has 194 valence electrons. The minimum Gasteiger partial charge on any atom is -0.460 e. The van der Waals surface area contributed by atoms with Crippen LogP contribution in [0.1, 0.15) is 53.0 Å². The zero-order chi connectivity index (χ0) is 26.0. The van der Waals surface area contributed by atoms with Crippen LogP contribution in [0.15, 0.2) is 30.3 Å². The fourth-order valence-corrected chi connectivity index (χ4v) is 3.67. The molecule has 2 atom stereocenters. The van der Waals surface area contributed by atoms with Gasteiger partial charge in [-0.25, -0.2) is 9.59 Å². The molecule has 0 bridgehead atoms. The average molecular weight is 492 g/mol. The van der Waals surface area contributed by atoms with E-state index in [-0.39, 0.29) is 51.1 Å². The van der Waals surface area contributed by atoms with E-state index in [0.717, 1.165) is 5.56 Å². The van der Waals surface area contributed by atoms with Crippen LogP contribution in [0.25, 0.3) is 0 Å². The van der Waals surface area contributed by atoms with Gasteiger partial charge in [-0.2, -0.15) is 0 Å². The first-order chi connectivity index (χ1) is 16.5. The smallest absolute Gasteiger partial charge is 0.410 e. The molecule has 0 spiro atoms. The number of nitrogens with zero attached hydrogens (tertiary/aromatic N) is 2. The molecular formula is C25H37N3O7. The number of piperazine rings is 1. The number of carbonyl (C=O) groups excluding carboxylic acids is 4. The van der Waals surface area contributed by atoms with Gasteiger partial charge in [-0.05, 0) is 46.6 Å². The van der Waals surface area contributed by atoms with Crippen LogP contribution in [0.2, 0.25) is 0 Å². The summed E-state index contributed by atoms with van der Waals surface area (Å²) in [5, 5.41) is 2.61. The van der Waals surface area contributed by atoms with E-state index in [2.05, 4.69) is 5.32 Å². The average Bonchev–Trinajstić information content (AvgIpc) is 2.79. The molecule has 10 heteroatoms. The maximum Gasteiger partial charge on any atom is 0.410 e. The largest absolute Gasteiger partial charge is 0.460 e. The van der Waals surface area contributed by atoms with Crippen LogP contribution in [0, 0.1) is 0 Å². The highest BCUT2D eigenvalue weighted by Crippen LogP contribution is 2.15. The molecule has 1 saturated heterocycles. The summed E-state index contributed by atoms with van der Waals surface area (Å²) in [6.07, 6.45) is -1.17. The van der Waals surface area contributed by atoms with E-state index >= 15 is 0 Å². The van der Waals surface area contributed by atoms with E-state index in [0.29, 0.717) is 6.54 Å². The summed E-state index contributed by atoms with van der Waals surface area (Å²) in [5.74, 6) is -0.809. The summed E-state index contributed by atoms with van der Waals surface area (Å²) in [6, 6.07) is 7.93. The number of rotatable bonds is 8. The monoisotopic (exact) mass is 491 g/mol. The number of nitrogens with one attached hydrogen (secondary N) is 1. The first-order valence-electron chi connectivity index (χ1n) is 11.9. The van der Waals surface area contributed by atoms with Crippen molar-refractivity contribution in [2.24, 2.45) is 0 Å². The molecule has 1 N–H and O–H groups in total. The Hall–Kier alpha value is -3.30. The molecule has 1 aromatic rings. The van der Waals surface area contributed by atoms with Crippen LogP contribution >= 0.6 is 0 Å². The second-order valence-corrected chi connectivity index (χ2v) is 9.41. The number of hydrogen-bond donors (Lipinski definition) is 1. The third-order valence-corrected chi connectivity index (χ3v) is 5.30. The lowest BCUT2D eigenvalue weighted by Gasteiger charge is -2.40. The first-order valence-corrected chi connectivity index (χ1v) is 11.9. The van der Waals surface area contributed by atoms with Crippen molar-refractivity contribution in [2.75, 3.05) is 26.2 Å². The van der Waals surface area contributed by atoms with Gasteiger partial charge in [0.1, 0.15) is 18.2 Å². The predicted molar refractivity (Wildman–Crippen MR) is 128 cm³/mol. The van der Waals surface area contributed by atoms with Crippen molar-refractivity contribution < 1.29 is 33.4 Å². The maximum atomic E-state index is 13.3. The number of amides is 3. The predicted octanol–water partition coefficient (Wildman–Crippen LogP) is 3.09. The van der Waals surface area contributed by atoms with E-state index < -0.39 is 29.8 Å². The van der Waals surface area contributed by atoms with Crippen molar-refractivity contribution in [3.8, 4) is 0 Å². The van der Waals surface area contributed by atoms with Crippen LogP contribution in [0.4, 0.5) is 9.59 Å². The Labute approximate surface area is 206 Å². The van der Waals surface area contributed by atoms with Crippen molar-refractivity contribution in [3.05, 3.63) is 35.9 Å². The second kappa shape index (κ2) is 13.0. The lowest BCUT2D eigenvalue weighted by Crippen LogP contribution is -2.59. The highest BCUT2D eigenvalue weighted by atomic mass is 16.6. The molecule has 1 heterocycles. The Morgan fingerprint density at radius 2 is 1.77 bits per heavy atom. The number of carbonyl (C=O) groups is 4. The summed E-state index contributed by atoms with van der Waals surface area (Å²) >= 11 is 0. The molecular weight excluding hydrogens is 454 g/mol. The van der Waals surface area contributed by atoms with Crippen LogP contribution < -0.4 is 5.32 Å². The zero-order valence-electron chi connectivity index (χ0n) is 21.2. The molecule has 1 aromatic carbocycles. The lowest BCUT2D eigenvalue weighted by molar-refractivity contribution is -0.155. The summed E-state index contributed by atoms with van der Waals surface area (Å²) in [4.78, 5) is 53.3. The van der Waals surface area contributed by atoms with Crippen LogP contribution in [-0.2, 0) is 30.4 Å². The van der Waals surface area contributed by atoms with E-state index in [1.165, 1.54) is 0 Å². The molecule has 1 fully saturated rings. The van der Waals surface area contributed by atoms with Crippen molar-refractivity contribution >= 4 is 24.1 Å². The topological polar surface area (TPSA) is 114 Å². The van der Waals surface area contributed by atoms with Crippen LogP contribution in [-0.4, -0.2) is 77.8 Å². The minimum absolute atomic E-state index is 0.0505. The SMILES string of the molecule is CCOC(=O)N1CCN(C(=O)[C@H](CCC(=O)OC(C)(C)C)NC(=O)OCc2ccccc2)C[C@@H]1C. The molecule has 3 amide bonds. The Morgan fingerprint density at radius 1 is 1.09 bits per heavy atom. The van der Waals surface area contributed by atoms with Gasteiger partial charge in [0, 0.05) is 32.1 Å². The van der Waals surface area contributed by atoms with Gasteiger partial charge in [-0.1, -0.05) is 30.3 Å². The molecule has 0 unspecified atom stereocenters. The summed E-state index contributed by atoms with van der Waals surface area (Å²) in [6.45, 7) is 10.0. The minimum atomic E-state index is -0.980. The van der Waals surface area contributed by atoms with Gasteiger partial charge in [0.15, 0.2) is 0 Å². The Balaban J connectivity index is 2.03. The lowest BCUT2D eigenvalue weighted by atomic mass is 10.1. The van der Waals surface area contributed by atoms with Crippen LogP contribution in [0.5, 0.6) is 0 Å². The Kier molecular flexibility index (Phi) is 10.4. The molecule has 0 aromatic heterocycles. The zero-order valence-corrected chi connectivity index (χ0v) is 21.2. The summed E-state index contributed by atoms with van der Waals surface area (Å²) in [7, 11) is 0. The third-order valence-electron chi connectivity index (χ3n) is 5.30. The second-order valence-electron chi connectivity index (χ2n) is 9.41. The van der Waals surface area contributed by atoms with Gasteiger partial charge < -0.3 is 29.3 Å². The van der Waals surface area contributed by atoms with Gasteiger partial charge in [-0.15, -0.1) is 0 Å². The van der Waals surface area contributed by atoms with Crippen molar-refractivity contribution in [2.45, 2.75) is 71.8 Å². The van der Waals surface area contributed by atoms with Crippen molar-refractivity contribution in [3.63, 3.8) is 0 Å². The van der Waals surface area contributed by atoms with Gasteiger partial charge in [0.05, 0.1) is 6.61 Å². The fourth-order valence-electron chi connectivity index (χ4n) is 3.67. The summed E-state index contributed by atoms with van der Waals surface area (Å²) < 4.78 is 15.7.